The summed E-state index contributed by atoms with van der Waals surface area (Å²) >= 11 is 6.01. The molecule has 1 aromatic heterocycles. The third-order valence-corrected chi connectivity index (χ3v) is 4.99. The summed E-state index contributed by atoms with van der Waals surface area (Å²) in [6.45, 7) is 3.10. The van der Waals surface area contributed by atoms with Gasteiger partial charge in [-0.25, -0.2) is 4.98 Å². The van der Waals surface area contributed by atoms with Gasteiger partial charge in [-0.1, -0.05) is 23.7 Å². The van der Waals surface area contributed by atoms with Crippen LogP contribution in [0.25, 0.3) is 0 Å². The van der Waals surface area contributed by atoms with E-state index in [-0.39, 0.29) is 29.1 Å². The Bertz CT molecular complexity index is 927. The first-order valence-electron chi connectivity index (χ1n) is 9.25. The molecule has 0 saturated carbocycles. The van der Waals surface area contributed by atoms with Crippen molar-refractivity contribution >= 4 is 34.9 Å². The summed E-state index contributed by atoms with van der Waals surface area (Å²) in [6.07, 6.45) is -3.51. The van der Waals surface area contributed by atoms with E-state index in [1.165, 1.54) is 6.92 Å². The minimum absolute atomic E-state index is 0.0478. The third kappa shape index (κ3) is 5.41. The zero-order valence-corrected chi connectivity index (χ0v) is 16.9. The Hall–Kier alpha value is -2.81. The van der Waals surface area contributed by atoms with Gasteiger partial charge in [0, 0.05) is 45.0 Å². The second kappa shape index (κ2) is 8.91. The van der Waals surface area contributed by atoms with E-state index in [1.54, 1.807) is 34.1 Å². The van der Waals surface area contributed by atoms with Crippen LogP contribution in [0.5, 0.6) is 0 Å². The van der Waals surface area contributed by atoms with E-state index in [0.29, 0.717) is 31.9 Å². The van der Waals surface area contributed by atoms with Crippen molar-refractivity contribution in [3.8, 4) is 0 Å². The van der Waals surface area contributed by atoms with Crippen molar-refractivity contribution in [3.63, 3.8) is 0 Å². The quantitative estimate of drug-likeness (QED) is 0.789. The van der Waals surface area contributed by atoms with Gasteiger partial charge in [0.1, 0.15) is 5.82 Å². The molecule has 1 saturated heterocycles. The molecule has 0 spiro atoms. The number of halogens is 4. The highest BCUT2D eigenvalue weighted by Gasteiger charge is 2.32. The molecule has 2 aromatic rings. The molecule has 2 heterocycles. The molecule has 0 radical (unpaired) electrons. The molecule has 1 aromatic carbocycles. The van der Waals surface area contributed by atoms with Crippen LogP contribution in [-0.4, -0.2) is 47.9 Å². The smallest absolute Gasteiger partial charge is 0.352 e. The summed E-state index contributed by atoms with van der Waals surface area (Å²) < 4.78 is 38.3. The number of nitrogens with one attached hydrogen (secondary N) is 1. The fourth-order valence-corrected chi connectivity index (χ4v) is 3.47. The summed E-state index contributed by atoms with van der Waals surface area (Å²) in [4.78, 5) is 31.0. The largest absolute Gasteiger partial charge is 0.417 e. The Morgan fingerprint density at radius 2 is 1.77 bits per heavy atom. The topological polar surface area (TPSA) is 65.5 Å². The molecule has 0 unspecified atom stereocenters. The monoisotopic (exact) mass is 440 g/mol. The van der Waals surface area contributed by atoms with E-state index in [4.69, 9.17) is 11.6 Å². The van der Waals surface area contributed by atoms with Gasteiger partial charge in [-0.2, -0.15) is 13.2 Å². The Labute approximate surface area is 176 Å². The van der Waals surface area contributed by atoms with Gasteiger partial charge < -0.3 is 15.1 Å². The van der Waals surface area contributed by atoms with Crippen molar-refractivity contribution in [1.29, 1.82) is 0 Å². The molecule has 1 aliphatic heterocycles. The third-order valence-electron chi connectivity index (χ3n) is 4.71. The second-order valence-electron chi connectivity index (χ2n) is 6.95. The maximum atomic E-state index is 12.8. The zero-order valence-electron chi connectivity index (χ0n) is 16.2. The molecule has 0 bridgehead atoms. The summed E-state index contributed by atoms with van der Waals surface area (Å²) in [5.41, 5.74) is 0.590. The fourth-order valence-electron chi connectivity index (χ4n) is 3.18. The molecule has 160 valence electrons. The molecule has 3 rings (SSSR count). The molecule has 30 heavy (non-hydrogen) atoms. The number of aromatic nitrogens is 1. The van der Waals surface area contributed by atoms with Crippen LogP contribution in [0.15, 0.2) is 36.5 Å². The molecule has 1 aliphatic rings. The number of nitrogens with zero attached hydrogens (tertiary/aromatic N) is 3. The summed E-state index contributed by atoms with van der Waals surface area (Å²) in [6, 6.07) is 7.91. The maximum Gasteiger partial charge on any atom is 0.417 e. The predicted octanol–water partition coefficient (Wildman–Crippen LogP) is 3.60. The van der Waals surface area contributed by atoms with E-state index in [9.17, 15) is 22.8 Å². The highest BCUT2D eigenvalue weighted by molar-refractivity contribution is 6.33. The van der Waals surface area contributed by atoms with Gasteiger partial charge in [-0.15, -0.1) is 0 Å². The number of anilines is 2. The summed E-state index contributed by atoms with van der Waals surface area (Å²) in [5, 5.41) is 2.60. The van der Waals surface area contributed by atoms with Gasteiger partial charge >= 0.3 is 6.18 Å². The van der Waals surface area contributed by atoms with Gasteiger partial charge in [0.15, 0.2) is 0 Å². The average molecular weight is 441 g/mol. The summed E-state index contributed by atoms with van der Waals surface area (Å²) in [7, 11) is 0. The summed E-state index contributed by atoms with van der Waals surface area (Å²) in [5.74, 6) is 0.0677. The average Bonchev–Trinajstić information content (AvgIpc) is 2.68. The van der Waals surface area contributed by atoms with Gasteiger partial charge in [-0.05, 0) is 23.8 Å². The van der Waals surface area contributed by atoms with Crippen molar-refractivity contribution < 1.29 is 22.8 Å². The van der Waals surface area contributed by atoms with Gasteiger partial charge in [0.2, 0.25) is 11.8 Å². The Kier molecular flexibility index (Phi) is 6.50. The first-order valence-corrected chi connectivity index (χ1v) is 9.63. The highest BCUT2D eigenvalue weighted by Crippen LogP contribution is 2.33. The molecule has 0 atom stereocenters. The van der Waals surface area contributed by atoms with Crippen molar-refractivity contribution in [2.24, 2.45) is 0 Å². The van der Waals surface area contributed by atoms with Crippen LogP contribution in [0, 0.1) is 0 Å². The minimum Gasteiger partial charge on any atom is -0.352 e. The molecule has 10 heteroatoms. The van der Waals surface area contributed by atoms with Crippen LogP contribution in [-0.2, 0) is 22.2 Å². The number of alkyl halides is 3. The van der Waals surface area contributed by atoms with Crippen LogP contribution in [0.1, 0.15) is 18.1 Å². The van der Waals surface area contributed by atoms with Gasteiger partial charge in [0.25, 0.3) is 0 Å². The lowest BCUT2D eigenvalue weighted by atomic mass is 10.1. The Morgan fingerprint density at radius 1 is 1.13 bits per heavy atom. The number of carbonyl (C=O) groups is 2. The van der Waals surface area contributed by atoms with Crippen LogP contribution < -0.4 is 10.2 Å². The lowest BCUT2D eigenvalue weighted by Gasteiger charge is -2.36. The molecule has 6 nitrogen and oxygen atoms in total. The van der Waals surface area contributed by atoms with E-state index < -0.39 is 11.7 Å². The van der Waals surface area contributed by atoms with E-state index >= 15 is 0 Å². The number of hydrogen-bond donors (Lipinski definition) is 1. The van der Waals surface area contributed by atoms with Crippen LogP contribution in [0.3, 0.4) is 0 Å². The zero-order chi connectivity index (χ0) is 21.9. The number of rotatable bonds is 4. The van der Waals surface area contributed by atoms with Crippen molar-refractivity contribution in [1.82, 2.24) is 9.88 Å². The molecular formula is C20H20ClF3N4O2. The predicted molar refractivity (Wildman–Crippen MR) is 107 cm³/mol. The lowest BCUT2D eigenvalue weighted by molar-refractivity contribution is -0.138. The van der Waals surface area contributed by atoms with Gasteiger partial charge in [-0.3, -0.25) is 9.59 Å². The minimum atomic E-state index is -4.50. The molecule has 0 aliphatic carbocycles. The van der Waals surface area contributed by atoms with E-state index in [1.807, 2.05) is 0 Å². The normalized spacial score (nSPS) is 14.6. The van der Waals surface area contributed by atoms with E-state index in [0.717, 1.165) is 17.8 Å². The Morgan fingerprint density at radius 3 is 2.30 bits per heavy atom. The van der Waals surface area contributed by atoms with Crippen molar-refractivity contribution in [3.05, 3.63) is 52.7 Å². The SMILES string of the molecule is CC(=O)Nc1ccc(CC(=O)N2CCN(c3ncc(C(F)(F)F)cc3Cl)CC2)cc1. The van der Waals surface area contributed by atoms with Crippen LogP contribution in [0.2, 0.25) is 5.02 Å². The first kappa shape index (κ1) is 21.9. The van der Waals surface area contributed by atoms with Crippen LogP contribution in [0.4, 0.5) is 24.7 Å². The second-order valence-corrected chi connectivity index (χ2v) is 7.36. The van der Waals surface area contributed by atoms with Crippen molar-refractivity contribution in [2.75, 3.05) is 36.4 Å². The number of carbonyl (C=O) groups excluding carboxylic acids is 2. The van der Waals surface area contributed by atoms with Crippen molar-refractivity contribution in [2.45, 2.75) is 19.5 Å². The number of benzene rings is 1. The van der Waals surface area contributed by atoms with E-state index in [2.05, 4.69) is 10.3 Å². The number of amides is 2. The Balaban J connectivity index is 1.56. The first-order chi connectivity index (χ1) is 14.1. The van der Waals surface area contributed by atoms with Crippen LogP contribution >= 0.6 is 11.6 Å². The number of pyridine rings is 1. The maximum absolute atomic E-state index is 12.8. The molecule has 2 amide bonds. The standard InChI is InChI=1S/C20H20ClF3N4O2/c1-13(29)26-16-4-2-14(3-5-16)10-18(30)27-6-8-28(9-7-27)19-17(21)11-15(12-25-19)20(22,23)24/h2-5,11-12H,6-10H2,1H3,(H,26,29). The fraction of sp³-hybridized carbons (Fsp3) is 0.350. The lowest BCUT2D eigenvalue weighted by Crippen LogP contribution is -2.49. The molecule has 1 fully saturated rings. The highest BCUT2D eigenvalue weighted by atomic mass is 35.5. The number of hydrogen-bond acceptors (Lipinski definition) is 4. The molecular weight excluding hydrogens is 421 g/mol. The number of piperazine rings is 1. The molecule has 1 N–H and O–H groups in total. The van der Waals surface area contributed by atoms with Gasteiger partial charge in [0.05, 0.1) is 17.0 Å².